The van der Waals surface area contributed by atoms with E-state index in [0.29, 0.717) is 24.5 Å². The molecule has 0 fully saturated rings. The summed E-state index contributed by atoms with van der Waals surface area (Å²) >= 11 is 0.750. The predicted molar refractivity (Wildman–Crippen MR) is 128 cm³/mol. The number of aryl methyl sites for hydroxylation is 1. The van der Waals surface area contributed by atoms with Crippen molar-refractivity contribution in [1.82, 2.24) is 5.01 Å². The number of nitrogens with one attached hydrogen (secondary N) is 1. The number of thioether (sulfide) groups is 1. The highest BCUT2D eigenvalue weighted by molar-refractivity contribution is 8.42. The first-order valence-corrected chi connectivity index (χ1v) is 12.5. The van der Waals surface area contributed by atoms with E-state index in [2.05, 4.69) is 10.1 Å². The first kappa shape index (κ1) is 22.7. The Bertz CT molecular complexity index is 1300. The molecule has 2 heterocycles. The van der Waals surface area contributed by atoms with Crippen molar-refractivity contribution < 1.29 is 22.7 Å². The second kappa shape index (κ2) is 9.20. The maximum absolute atomic E-state index is 12.4. The second-order valence-electron chi connectivity index (χ2n) is 7.24. The number of rotatable bonds is 6. The maximum Gasteiger partial charge on any atom is 0.283 e. The molecule has 1 N–H and O–H groups in total. The molecule has 2 aromatic carbocycles. The van der Waals surface area contributed by atoms with Gasteiger partial charge in [-0.3, -0.25) is 10.2 Å². The number of amides is 1. The quantitative estimate of drug-likeness (QED) is 0.494. The fraction of sp³-hybridized carbons (Fsp3) is 0.182. The van der Waals surface area contributed by atoms with Gasteiger partial charge in [0.15, 0.2) is 5.84 Å². The Hall–Kier alpha value is -3.44. The van der Waals surface area contributed by atoms with Gasteiger partial charge in [0.2, 0.25) is 19.4 Å². The van der Waals surface area contributed by atoms with E-state index in [1.807, 2.05) is 31.2 Å². The number of carbonyl (C=O) groups excluding carboxylic acids is 1. The van der Waals surface area contributed by atoms with Gasteiger partial charge >= 0.3 is 0 Å². The van der Waals surface area contributed by atoms with Crippen molar-refractivity contribution in [3.63, 3.8) is 0 Å². The fourth-order valence-electron chi connectivity index (χ4n) is 2.90. The predicted octanol–water partition coefficient (Wildman–Crippen LogP) is 3.07. The molecule has 0 aliphatic carbocycles. The molecule has 0 saturated carbocycles. The number of hydrogen-bond acceptors (Lipinski definition) is 8. The number of benzene rings is 2. The minimum atomic E-state index is -3.57. The van der Waals surface area contributed by atoms with Gasteiger partial charge < -0.3 is 9.47 Å². The van der Waals surface area contributed by atoms with Crippen LogP contribution in [0.3, 0.4) is 0 Å². The number of carbonyl (C=O) groups is 1. The lowest BCUT2D eigenvalue weighted by Gasteiger charge is -2.20. The molecule has 1 amide bonds. The molecule has 0 saturated heterocycles. The first-order valence-electron chi connectivity index (χ1n) is 9.83. The van der Waals surface area contributed by atoms with Crippen LogP contribution in [0.5, 0.6) is 11.5 Å². The van der Waals surface area contributed by atoms with Crippen LogP contribution in [0.1, 0.15) is 11.1 Å². The Kier molecular flexibility index (Phi) is 6.34. The van der Waals surface area contributed by atoms with Crippen LogP contribution in [0.25, 0.3) is 6.08 Å². The van der Waals surface area contributed by atoms with Crippen LogP contribution < -0.4 is 9.47 Å². The number of fused-ring (bicyclic) bond motifs is 1. The lowest BCUT2D eigenvalue weighted by molar-refractivity contribution is -0.114. The molecular weight excluding hydrogens is 464 g/mol. The summed E-state index contributed by atoms with van der Waals surface area (Å²) in [5.74, 6) is 0.552. The number of sulfone groups is 1. The number of ether oxygens (including phenoxy) is 2. The third-order valence-corrected chi connectivity index (χ3v) is 7.16. The van der Waals surface area contributed by atoms with Crippen LogP contribution >= 0.6 is 11.8 Å². The van der Waals surface area contributed by atoms with Gasteiger partial charge in [0.05, 0.1) is 5.57 Å². The fourth-order valence-corrected chi connectivity index (χ4v) is 4.59. The van der Waals surface area contributed by atoms with E-state index < -0.39 is 15.7 Å². The highest BCUT2D eigenvalue weighted by Gasteiger charge is 2.38. The van der Waals surface area contributed by atoms with Gasteiger partial charge in [-0.05, 0) is 54.6 Å². The molecule has 0 atom stereocenters. The van der Waals surface area contributed by atoms with Crippen LogP contribution in [0, 0.1) is 12.3 Å². The summed E-state index contributed by atoms with van der Waals surface area (Å²) < 4.78 is 34.6. The average molecular weight is 485 g/mol. The van der Waals surface area contributed by atoms with Crippen LogP contribution in [0.4, 0.5) is 0 Å². The Morgan fingerprint density at radius 2 is 1.61 bits per heavy atom. The molecule has 33 heavy (non-hydrogen) atoms. The average Bonchev–Trinajstić information content (AvgIpc) is 3.21. The zero-order valence-corrected chi connectivity index (χ0v) is 19.4. The Labute approximate surface area is 195 Å². The summed E-state index contributed by atoms with van der Waals surface area (Å²) in [5.41, 5.74) is 1.83. The van der Waals surface area contributed by atoms with Crippen molar-refractivity contribution in [3.05, 3.63) is 65.2 Å². The third kappa shape index (κ3) is 5.32. The van der Waals surface area contributed by atoms with E-state index >= 15 is 0 Å². The molecule has 2 aliphatic rings. The number of amidine groups is 2. The zero-order valence-electron chi connectivity index (χ0n) is 17.8. The second-order valence-corrected chi connectivity index (χ2v) is 10.4. The van der Waals surface area contributed by atoms with Gasteiger partial charge in [-0.15, -0.1) is 5.10 Å². The van der Waals surface area contributed by atoms with Crippen molar-refractivity contribution in [1.29, 1.82) is 5.41 Å². The van der Waals surface area contributed by atoms with Crippen LogP contribution in [-0.2, 0) is 14.6 Å². The lowest BCUT2D eigenvalue weighted by Crippen LogP contribution is -2.35. The van der Waals surface area contributed by atoms with Crippen molar-refractivity contribution in [3.8, 4) is 11.5 Å². The van der Waals surface area contributed by atoms with Gasteiger partial charge in [-0.2, -0.15) is 10.0 Å². The lowest BCUT2D eigenvalue weighted by atomic mass is 10.1. The number of hydrazone groups is 1. The van der Waals surface area contributed by atoms with E-state index in [9.17, 15) is 13.2 Å². The molecule has 4 rings (SSSR count). The van der Waals surface area contributed by atoms with E-state index in [-0.39, 0.29) is 21.0 Å². The molecule has 0 radical (unpaired) electrons. The summed E-state index contributed by atoms with van der Waals surface area (Å²) in [5, 5.41) is 13.3. The zero-order chi connectivity index (χ0) is 23.6. The molecule has 170 valence electrons. The van der Waals surface area contributed by atoms with Crippen LogP contribution in [0.2, 0.25) is 0 Å². The van der Waals surface area contributed by atoms with Crippen LogP contribution in [-0.4, -0.2) is 54.2 Å². The van der Waals surface area contributed by atoms with Crippen molar-refractivity contribution >= 4 is 49.0 Å². The molecule has 0 unspecified atom stereocenters. The van der Waals surface area contributed by atoms with E-state index in [4.69, 9.17) is 14.9 Å². The topological polar surface area (TPSA) is 121 Å². The summed E-state index contributed by atoms with van der Waals surface area (Å²) in [6, 6.07) is 14.7. The largest absolute Gasteiger partial charge is 0.490 e. The standard InChI is InChI=1S/C22H20N4O5S2/c1-14-3-7-16(8-4-14)30-11-12-31-17-9-5-15(6-10-17)13-18-19(23)26-21(24-20(18)27)32-22(25-26)33(2,28)29/h3-10,13,23H,11-12H2,1-2H3/b18-13-,23-19?. The van der Waals surface area contributed by atoms with Gasteiger partial charge in [0, 0.05) is 6.26 Å². The minimum Gasteiger partial charge on any atom is -0.490 e. The maximum atomic E-state index is 12.4. The number of hydrogen-bond donors (Lipinski definition) is 1. The van der Waals surface area contributed by atoms with Gasteiger partial charge in [-0.25, -0.2) is 8.42 Å². The highest BCUT2D eigenvalue weighted by Crippen LogP contribution is 2.30. The summed E-state index contributed by atoms with van der Waals surface area (Å²) in [7, 11) is -3.57. The number of aliphatic imine (C=N–C) groups is 1. The molecule has 0 spiro atoms. The molecule has 9 nitrogen and oxygen atoms in total. The summed E-state index contributed by atoms with van der Waals surface area (Å²) in [4.78, 5) is 16.3. The molecule has 0 aromatic heterocycles. The Balaban J connectivity index is 1.38. The molecule has 11 heteroatoms. The van der Waals surface area contributed by atoms with E-state index in [1.165, 1.54) is 6.08 Å². The third-order valence-electron chi connectivity index (χ3n) is 4.59. The summed E-state index contributed by atoms with van der Waals surface area (Å²) in [6.45, 7) is 2.77. The minimum absolute atomic E-state index is 0.0121. The van der Waals surface area contributed by atoms with Crippen LogP contribution in [0.15, 0.2) is 64.2 Å². The van der Waals surface area contributed by atoms with E-state index in [0.717, 1.165) is 34.3 Å². The van der Waals surface area contributed by atoms with Crippen molar-refractivity contribution in [2.75, 3.05) is 19.5 Å². The van der Waals surface area contributed by atoms with Crippen molar-refractivity contribution in [2.45, 2.75) is 6.92 Å². The van der Waals surface area contributed by atoms with Crippen molar-refractivity contribution in [2.24, 2.45) is 10.1 Å². The summed E-state index contributed by atoms with van der Waals surface area (Å²) in [6.07, 6.45) is 2.52. The monoisotopic (exact) mass is 484 g/mol. The molecule has 2 aromatic rings. The molecular formula is C22H20N4O5S2. The smallest absolute Gasteiger partial charge is 0.283 e. The highest BCUT2D eigenvalue weighted by atomic mass is 32.3. The normalized spacial score (nSPS) is 17.0. The number of nitrogens with zero attached hydrogens (tertiary/aromatic N) is 3. The first-order chi connectivity index (χ1) is 15.7. The van der Waals surface area contributed by atoms with Gasteiger partial charge in [-0.1, -0.05) is 29.8 Å². The molecule has 0 bridgehead atoms. The van der Waals surface area contributed by atoms with E-state index in [1.54, 1.807) is 24.3 Å². The SMILES string of the molecule is Cc1ccc(OCCOc2ccc(/C=C3/C(=N)N4N=C(S(C)(=O)=O)SC4=NC3=O)cc2)cc1. The Morgan fingerprint density at radius 3 is 2.18 bits per heavy atom. The Morgan fingerprint density at radius 1 is 1.03 bits per heavy atom. The van der Waals surface area contributed by atoms with Gasteiger partial charge in [0.1, 0.15) is 24.7 Å². The van der Waals surface area contributed by atoms with Gasteiger partial charge in [0.25, 0.3) is 5.91 Å². The molecule has 2 aliphatic heterocycles.